The fraction of sp³-hybridized carbons (Fsp3) is 0.769. The number of carboxylic acids is 1. The van der Waals surface area contributed by atoms with E-state index < -0.39 is 12.1 Å². The van der Waals surface area contributed by atoms with Crippen LogP contribution in [0.2, 0.25) is 0 Å². The van der Waals surface area contributed by atoms with Crippen LogP contribution in [0.25, 0.3) is 0 Å². The van der Waals surface area contributed by atoms with Crippen molar-refractivity contribution in [1.29, 1.82) is 0 Å². The van der Waals surface area contributed by atoms with Gasteiger partial charge >= 0.3 is 0 Å². The van der Waals surface area contributed by atoms with Crippen LogP contribution >= 0.6 is 0 Å². The van der Waals surface area contributed by atoms with Crippen molar-refractivity contribution < 1.29 is 15.0 Å². The van der Waals surface area contributed by atoms with Crippen LogP contribution < -0.4 is 5.11 Å². The number of fused-ring (bicyclic) bond motifs is 2. The maximum Gasteiger partial charge on any atom is 0.0811 e. The summed E-state index contributed by atoms with van der Waals surface area (Å²) in [6.45, 7) is 6.46. The number of aliphatic hydroxyl groups is 1. The number of aliphatic carboxylic acids is 1. The highest BCUT2D eigenvalue weighted by Gasteiger charge is 2.63. The van der Waals surface area contributed by atoms with Gasteiger partial charge in [0, 0.05) is 17.8 Å². The van der Waals surface area contributed by atoms with E-state index in [-0.39, 0.29) is 17.3 Å². The van der Waals surface area contributed by atoms with Gasteiger partial charge in [0.05, 0.1) is 6.10 Å². The summed E-state index contributed by atoms with van der Waals surface area (Å²) in [7, 11) is 0. The van der Waals surface area contributed by atoms with Crippen LogP contribution in [-0.2, 0) is 4.79 Å². The molecule has 3 atom stereocenters. The van der Waals surface area contributed by atoms with Crippen LogP contribution in [0.5, 0.6) is 0 Å². The van der Waals surface area contributed by atoms with Crippen molar-refractivity contribution in [3.05, 3.63) is 11.6 Å². The molecule has 0 unspecified atom stereocenters. The fourth-order valence-electron chi connectivity index (χ4n) is 3.61. The van der Waals surface area contributed by atoms with Crippen molar-refractivity contribution in [1.82, 2.24) is 0 Å². The molecule has 0 aromatic carbocycles. The van der Waals surface area contributed by atoms with Gasteiger partial charge in [-0.3, -0.25) is 0 Å². The molecule has 90 valence electrons. The van der Waals surface area contributed by atoms with Crippen molar-refractivity contribution in [2.75, 3.05) is 0 Å². The molecule has 0 aliphatic heterocycles. The minimum absolute atomic E-state index is 0.0597. The van der Waals surface area contributed by atoms with Crippen molar-refractivity contribution in [3.63, 3.8) is 0 Å². The fourth-order valence-corrected chi connectivity index (χ4v) is 3.61. The minimum atomic E-state index is -1.08. The highest BCUT2D eigenvalue weighted by molar-refractivity contribution is 5.66. The summed E-state index contributed by atoms with van der Waals surface area (Å²) in [6, 6.07) is 0. The van der Waals surface area contributed by atoms with Gasteiger partial charge in [0.15, 0.2) is 0 Å². The lowest BCUT2D eigenvalue weighted by atomic mass is 9.70. The van der Waals surface area contributed by atoms with Crippen LogP contribution in [-0.4, -0.2) is 17.2 Å². The molecule has 3 heteroatoms. The molecule has 0 aromatic heterocycles. The first-order chi connectivity index (χ1) is 7.30. The third-order valence-electron chi connectivity index (χ3n) is 5.12. The molecule has 2 aliphatic carbocycles. The Bertz CT molecular complexity index is 356. The predicted octanol–water partition coefficient (Wildman–Crippen LogP) is 0.870. The number of carbonyl (C=O) groups excluding carboxylic acids is 1. The molecular formula is C13H19O3-. The molecular weight excluding hydrogens is 204 g/mol. The lowest BCUT2D eigenvalue weighted by molar-refractivity contribution is -0.304. The molecule has 0 saturated heterocycles. The molecule has 3 nitrogen and oxygen atoms in total. The normalized spacial score (nSPS) is 42.9. The maximum atomic E-state index is 10.5. The Kier molecular flexibility index (Phi) is 2.42. The lowest BCUT2D eigenvalue weighted by Crippen LogP contribution is -2.35. The SMILES string of the molecule is CC1(C)[C@@H]2CC[C@@]1(C)[C@H](O)/C2=C\CC(=O)[O-]. The number of hydrogen-bond donors (Lipinski definition) is 1. The molecule has 0 radical (unpaired) electrons. The summed E-state index contributed by atoms with van der Waals surface area (Å²) in [6.07, 6.45) is 3.17. The Hall–Kier alpha value is -0.830. The van der Waals surface area contributed by atoms with E-state index in [1.807, 2.05) is 0 Å². The van der Waals surface area contributed by atoms with Crippen LogP contribution in [0.15, 0.2) is 11.6 Å². The van der Waals surface area contributed by atoms with Crippen molar-refractivity contribution in [3.8, 4) is 0 Å². The lowest BCUT2D eigenvalue weighted by Gasteiger charge is -2.36. The van der Waals surface area contributed by atoms with E-state index in [1.165, 1.54) is 0 Å². The van der Waals surface area contributed by atoms with Crippen molar-refractivity contribution in [2.24, 2.45) is 16.7 Å². The summed E-state index contributed by atoms with van der Waals surface area (Å²) in [5.41, 5.74) is 0.877. The van der Waals surface area contributed by atoms with Crippen LogP contribution in [0.3, 0.4) is 0 Å². The van der Waals surface area contributed by atoms with E-state index in [1.54, 1.807) is 6.08 Å². The molecule has 2 saturated carbocycles. The number of carboxylic acid groups (broad SMARTS) is 1. The Morgan fingerprint density at radius 1 is 1.56 bits per heavy atom. The van der Waals surface area contributed by atoms with Gasteiger partial charge in [-0.15, -0.1) is 0 Å². The first kappa shape index (κ1) is 11.6. The Labute approximate surface area is 96.2 Å². The number of rotatable bonds is 2. The molecule has 0 amide bonds. The van der Waals surface area contributed by atoms with Gasteiger partial charge in [-0.1, -0.05) is 26.8 Å². The van der Waals surface area contributed by atoms with Crippen LogP contribution in [0.4, 0.5) is 0 Å². The largest absolute Gasteiger partial charge is 0.550 e. The summed E-state index contributed by atoms with van der Waals surface area (Å²) in [4.78, 5) is 10.5. The first-order valence-corrected chi connectivity index (χ1v) is 5.88. The molecule has 1 N–H and O–H groups in total. The summed E-state index contributed by atoms with van der Waals surface area (Å²) in [5.74, 6) is -0.753. The Morgan fingerprint density at radius 3 is 2.62 bits per heavy atom. The zero-order chi connectivity index (χ0) is 12.1. The Morgan fingerprint density at radius 2 is 2.19 bits per heavy atom. The van der Waals surface area contributed by atoms with Gasteiger partial charge in [0.2, 0.25) is 0 Å². The quantitative estimate of drug-likeness (QED) is 0.707. The standard InChI is InChI=1S/C13H20O3/c1-12(2)9-6-7-13(12,3)11(16)8(9)4-5-10(14)15/h4,9,11,16H,5-7H2,1-3H3,(H,14,15)/p-1/b8-4-/t9-,11-,13+/m1/s1. The third kappa shape index (κ3) is 1.27. The second-order valence-electron chi connectivity index (χ2n) is 5.91. The van der Waals surface area contributed by atoms with Gasteiger partial charge in [-0.25, -0.2) is 0 Å². The topological polar surface area (TPSA) is 60.4 Å². The van der Waals surface area contributed by atoms with Gasteiger partial charge < -0.3 is 15.0 Å². The average Bonchev–Trinajstić information content (AvgIpc) is 2.47. The van der Waals surface area contributed by atoms with E-state index in [0.29, 0.717) is 5.92 Å². The summed E-state index contributed by atoms with van der Waals surface area (Å²) < 4.78 is 0. The molecule has 2 rings (SSSR count). The predicted molar refractivity (Wildman–Crippen MR) is 58.3 cm³/mol. The van der Waals surface area contributed by atoms with E-state index in [4.69, 9.17) is 0 Å². The molecule has 2 bridgehead atoms. The second kappa shape index (κ2) is 3.33. The highest BCUT2D eigenvalue weighted by atomic mass is 16.4. The summed E-state index contributed by atoms with van der Waals surface area (Å²) in [5, 5.41) is 20.8. The highest BCUT2D eigenvalue weighted by Crippen LogP contribution is 2.67. The molecule has 2 fully saturated rings. The van der Waals surface area contributed by atoms with E-state index in [9.17, 15) is 15.0 Å². The molecule has 16 heavy (non-hydrogen) atoms. The van der Waals surface area contributed by atoms with Gasteiger partial charge in [-0.05, 0) is 29.7 Å². The van der Waals surface area contributed by atoms with Crippen LogP contribution in [0.1, 0.15) is 40.0 Å². The molecule has 0 aromatic rings. The number of hydrogen-bond acceptors (Lipinski definition) is 3. The molecule has 0 spiro atoms. The molecule has 2 aliphatic rings. The minimum Gasteiger partial charge on any atom is -0.550 e. The zero-order valence-electron chi connectivity index (χ0n) is 10.1. The molecule has 0 heterocycles. The maximum absolute atomic E-state index is 10.5. The number of carbonyl (C=O) groups is 1. The first-order valence-electron chi connectivity index (χ1n) is 5.88. The second-order valence-corrected chi connectivity index (χ2v) is 5.91. The smallest absolute Gasteiger partial charge is 0.0811 e. The van der Waals surface area contributed by atoms with E-state index in [2.05, 4.69) is 20.8 Å². The number of aliphatic hydroxyl groups excluding tert-OH is 1. The van der Waals surface area contributed by atoms with Gasteiger partial charge in [-0.2, -0.15) is 0 Å². The van der Waals surface area contributed by atoms with E-state index in [0.717, 1.165) is 18.4 Å². The monoisotopic (exact) mass is 223 g/mol. The zero-order valence-corrected chi connectivity index (χ0v) is 10.1. The van der Waals surface area contributed by atoms with Crippen LogP contribution in [0, 0.1) is 16.7 Å². The summed E-state index contributed by atoms with van der Waals surface area (Å²) >= 11 is 0. The van der Waals surface area contributed by atoms with Gasteiger partial charge in [0.1, 0.15) is 0 Å². The van der Waals surface area contributed by atoms with Crippen molar-refractivity contribution >= 4 is 5.97 Å². The van der Waals surface area contributed by atoms with Gasteiger partial charge in [0.25, 0.3) is 0 Å². The third-order valence-corrected chi connectivity index (χ3v) is 5.12. The van der Waals surface area contributed by atoms with Crippen molar-refractivity contribution in [2.45, 2.75) is 46.1 Å². The Balaban J connectivity index is 2.33. The van der Waals surface area contributed by atoms with E-state index >= 15 is 0 Å². The average molecular weight is 223 g/mol.